The Kier molecular flexibility index (Phi) is 4.84. The van der Waals surface area contributed by atoms with Crippen LogP contribution >= 0.6 is 0 Å². The predicted octanol–water partition coefficient (Wildman–Crippen LogP) is 3.28. The van der Waals surface area contributed by atoms with Crippen molar-refractivity contribution in [3.8, 4) is 0 Å². The Balaban J connectivity index is 1.56. The smallest absolute Gasteiger partial charge is 0.319 e. The highest BCUT2D eigenvalue weighted by molar-refractivity contribution is 5.97. The summed E-state index contributed by atoms with van der Waals surface area (Å²) < 4.78 is 0. The number of amides is 3. The molecule has 5 nitrogen and oxygen atoms in total. The number of carbonyl (C=O) groups is 2. The van der Waals surface area contributed by atoms with Gasteiger partial charge in [0.2, 0.25) is 0 Å². The van der Waals surface area contributed by atoms with E-state index in [4.69, 9.17) is 0 Å². The molecule has 3 N–H and O–H groups in total. The normalized spacial score (nSPS) is 23.9. The van der Waals surface area contributed by atoms with Gasteiger partial charge in [-0.2, -0.15) is 0 Å². The number of benzene rings is 1. The second-order valence-corrected chi connectivity index (χ2v) is 6.80. The van der Waals surface area contributed by atoms with E-state index in [9.17, 15) is 9.59 Å². The standard InChI is InChI=1S/C18H25N3O2/c1-12-5-2-3-8-16(12)21-18(23)20-15-7-4-6-13(11-15)17(22)19-14-9-10-14/h4,6-7,11-12,14,16H,2-3,5,8-10H2,1H3,(H,19,22)(H2,20,21,23)/t12-,16-/m0/s1. The van der Waals surface area contributed by atoms with E-state index in [0.29, 0.717) is 23.2 Å². The fourth-order valence-electron chi connectivity index (χ4n) is 3.10. The molecule has 1 aromatic rings. The lowest BCUT2D eigenvalue weighted by atomic mass is 9.86. The number of carbonyl (C=O) groups excluding carboxylic acids is 2. The summed E-state index contributed by atoms with van der Waals surface area (Å²) in [6.07, 6.45) is 6.75. The lowest BCUT2D eigenvalue weighted by Gasteiger charge is -2.29. The molecule has 0 aliphatic heterocycles. The van der Waals surface area contributed by atoms with Crippen LogP contribution in [-0.2, 0) is 0 Å². The van der Waals surface area contributed by atoms with Crippen LogP contribution in [-0.4, -0.2) is 24.0 Å². The van der Waals surface area contributed by atoms with Crippen LogP contribution in [0.15, 0.2) is 24.3 Å². The monoisotopic (exact) mass is 315 g/mol. The minimum absolute atomic E-state index is 0.0718. The van der Waals surface area contributed by atoms with Crippen LogP contribution in [0.4, 0.5) is 10.5 Å². The molecule has 3 rings (SSSR count). The summed E-state index contributed by atoms with van der Waals surface area (Å²) in [7, 11) is 0. The average molecular weight is 315 g/mol. The third-order valence-electron chi connectivity index (χ3n) is 4.72. The number of anilines is 1. The Morgan fingerprint density at radius 3 is 2.57 bits per heavy atom. The molecular weight excluding hydrogens is 290 g/mol. The fourth-order valence-corrected chi connectivity index (χ4v) is 3.10. The summed E-state index contributed by atoms with van der Waals surface area (Å²) >= 11 is 0. The highest BCUT2D eigenvalue weighted by Gasteiger charge is 2.24. The van der Waals surface area contributed by atoms with Gasteiger partial charge in [0.05, 0.1) is 0 Å². The minimum atomic E-state index is -0.191. The van der Waals surface area contributed by atoms with E-state index in [1.165, 1.54) is 19.3 Å². The van der Waals surface area contributed by atoms with Crippen LogP contribution < -0.4 is 16.0 Å². The van der Waals surface area contributed by atoms with E-state index >= 15 is 0 Å². The van der Waals surface area contributed by atoms with Gasteiger partial charge in [0.1, 0.15) is 0 Å². The molecule has 3 amide bonds. The molecule has 0 bridgehead atoms. The van der Waals surface area contributed by atoms with Gasteiger partial charge in [-0.15, -0.1) is 0 Å². The molecular formula is C18H25N3O2. The molecule has 2 saturated carbocycles. The molecule has 0 aromatic heterocycles. The maximum Gasteiger partial charge on any atom is 0.319 e. The SMILES string of the molecule is C[C@H]1CCCC[C@@H]1NC(=O)Nc1cccc(C(=O)NC2CC2)c1. The van der Waals surface area contributed by atoms with Crippen molar-refractivity contribution in [1.82, 2.24) is 10.6 Å². The molecule has 0 spiro atoms. The third-order valence-corrected chi connectivity index (χ3v) is 4.72. The lowest BCUT2D eigenvalue weighted by molar-refractivity contribution is 0.0951. The highest BCUT2D eigenvalue weighted by Crippen LogP contribution is 2.24. The van der Waals surface area contributed by atoms with Crippen molar-refractivity contribution in [3.63, 3.8) is 0 Å². The second-order valence-electron chi connectivity index (χ2n) is 6.80. The summed E-state index contributed by atoms with van der Waals surface area (Å²) in [5.74, 6) is 0.447. The molecule has 0 unspecified atom stereocenters. The summed E-state index contributed by atoms with van der Waals surface area (Å²) in [6.45, 7) is 2.19. The zero-order chi connectivity index (χ0) is 16.2. The third kappa shape index (κ3) is 4.47. The van der Waals surface area contributed by atoms with Crippen LogP contribution in [0, 0.1) is 5.92 Å². The molecule has 0 radical (unpaired) electrons. The van der Waals surface area contributed by atoms with Crippen molar-refractivity contribution >= 4 is 17.6 Å². The first-order valence-corrected chi connectivity index (χ1v) is 8.60. The van der Waals surface area contributed by atoms with Crippen LogP contribution in [0.2, 0.25) is 0 Å². The van der Waals surface area contributed by atoms with E-state index in [-0.39, 0.29) is 18.0 Å². The van der Waals surface area contributed by atoms with Gasteiger partial charge in [-0.25, -0.2) is 4.79 Å². The Labute approximate surface area is 137 Å². The van der Waals surface area contributed by atoms with Crippen LogP contribution in [0.1, 0.15) is 55.8 Å². The second kappa shape index (κ2) is 7.02. The number of hydrogen-bond acceptors (Lipinski definition) is 2. The molecule has 2 aliphatic rings. The summed E-state index contributed by atoms with van der Waals surface area (Å²) in [5.41, 5.74) is 1.23. The molecule has 2 fully saturated rings. The van der Waals surface area contributed by atoms with Gasteiger partial charge < -0.3 is 16.0 Å². The lowest BCUT2D eigenvalue weighted by Crippen LogP contribution is -2.43. The Morgan fingerprint density at radius 1 is 1.04 bits per heavy atom. The number of rotatable bonds is 4. The van der Waals surface area contributed by atoms with Crippen molar-refractivity contribution in [1.29, 1.82) is 0 Å². The van der Waals surface area contributed by atoms with Crippen LogP contribution in [0.25, 0.3) is 0 Å². The Hall–Kier alpha value is -2.04. The van der Waals surface area contributed by atoms with Gasteiger partial charge in [-0.1, -0.05) is 25.8 Å². The number of nitrogens with one attached hydrogen (secondary N) is 3. The van der Waals surface area contributed by atoms with Gasteiger partial charge in [0, 0.05) is 23.3 Å². The first-order chi connectivity index (χ1) is 11.1. The molecule has 0 saturated heterocycles. The molecule has 2 atom stereocenters. The van der Waals surface area contributed by atoms with Crippen molar-refractivity contribution in [2.75, 3.05) is 5.32 Å². The maximum atomic E-state index is 12.2. The van der Waals surface area contributed by atoms with Gasteiger partial charge in [0.15, 0.2) is 0 Å². The zero-order valence-corrected chi connectivity index (χ0v) is 13.6. The van der Waals surface area contributed by atoms with Gasteiger partial charge >= 0.3 is 6.03 Å². The quantitative estimate of drug-likeness (QED) is 0.798. The van der Waals surface area contributed by atoms with Crippen molar-refractivity contribution in [2.45, 2.75) is 57.5 Å². The summed E-state index contributed by atoms with van der Waals surface area (Å²) in [5, 5.41) is 8.86. The summed E-state index contributed by atoms with van der Waals surface area (Å²) in [4.78, 5) is 24.2. The van der Waals surface area contributed by atoms with Crippen molar-refractivity contribution in [2.24, 2.45) is 5.92 Å². The first kappa shape index (κ1) is 15.8. The topological polar surface area (TPSA) is 70.2 Å². The van der Waals surface area contributed by atoms with Gasteiger partial charge in [0.25, 0.3) is 5.91 Å². The van der Waals surface area contributed by atoms with E-state index in [0.717, 1.165) is 19.3 Å². The molecule has 124 valence electrons. The number of urea groups is 1. The van der Waals surface area contributed by atoms with E-state index < -0.39 is 0 Å². The summed E-state index contributed by atoms with van der Waals surface area (Å²) in [6, 6.07) is 7.47. The molecule has 5 heteroatoms. The molecule has 23 heavy (non-hydrogen) atoms. The van der Waals surface area contributed by atoms with E-state index in [1.54, 1.807) is 24.3 Å². The Bertz CT molecular complexity index is 583. The maximum absolute atomic E-state index is 12.2. The molecule has 0 heterocycles. The largest absolute Gasteiger partial charge is 0.349 e. The zero-order valence-electron chi connectivity index (χ0n) is 13.6. The minimum Gasteiger partial charge on any atom is -0.349 e. The van der Waals surface area contributed by atoms with Gasteiger partial charge in [-0.05, 0) is 49.8 Å². The molecule has 2 aliphatic carbocycles. The van der Waals surface area contributed by atoms with E-state index in [1.807, 2.05) is 0 Å². The predicted molar refractivity (Wildman–Crippen MR) is 90.5 cm³/mol. The first-order valence-electron chi connectivity index (χ1n) is 8.60. The van der Waals surface area contributed by atoms with E-state index in [2.05, 4.69) is 22.9 Å². The van der Waals surface area contributed by atoms with Crippen molar-refractivity contribution in [3.05, 3.63) is 29.8 Å². The van der Waals surface area contributed by atoms with Gasteiger partial charge in [-0.3, -0.25) is 4.79 Å². The van der Waals surface area contributed by atoms with Crippen molar-refractivity contribution < 1.29 is 9.59 Å². The Morgan fingerprint density at radius 2 is 1.83 bits per heavy atom. The number of hydrogen-bond donors (Lipinski definition) is 3. The highest BCUT2D eigenvalue weighted by atomic mass is 16.2. The van der Waals surface area contributed by atoms with Crippen LogP contribution in [0.3, 0.4) is 0 Å². The average Bonchev–Trinajstić information content (AvgIpc) is 3.34. The van der Waals surface area contributed by atoms with Crippen LogP contribution in [0.5, 0.6) is 0 Å². The molecule has 1 aromatic carbocycles. The fraction of sp³-hybridized carbons (Fsp3) is 0.556.